The quantitative estimate of drug-likeness (QED) is 0.551. The van der Waals surface area contributed by atoms with Crippen LogP contribution in [0.3, 0.4) is 0 Å². The van der Waals surface area contributed by atoms with E-state index in [9.17, 15) is 19.2 Å². The molecule has 0 bridgehead atoms. The van der Waals surface area contributed by atoms with Gasteiger partial charge in [0, 0.05) is 28.8 Å². The molecule has 1 aromatic heterocycles. The average molecular weight is 453 g/mol. The number of nitrogens with one attached hydrogen (secondary N) is 2. The molecule has 2 aromatic carbocycles. The molecule has 2 N–H and O–H groups in total. The monoisotopic (exact) mass is 452 g/mol. The molecule has 0 fully saturated rings. The molecule has 8 nitrogen and oxygen atoms in total. The Bertz CT molecular complexity index is 1230. The van der Waals surface area contributed by atoms with Gasteiger partial charge in [-0.1, -0.05) is 23.7 Å². The van der Waals surface area contributed by atoms with Gasteiger partial charge in [0.2, 0.25) is 11.8 Å². The normalized spacial score (nSPS) is 11.5. The molecule has 0 spiro atoms. The van der Waals surface area contributed by atoms with E-state index < -0.39 is 23.4 Å². The first-order valence-electron chi connectivity index (χ1n) is 9.75. The fraction of sp³-hybridized carbons (Fsp3) is 0.174. The molecule has 9 heteroatoms. The number of anilines is 2. The summed E-state index contributed by atoms with van der Waals surface area (Å²) in [6, 6.07) is 13.7. The first kappa shape index (κ1) is 22.9. The van der Waals surface area contributed by atoms with Crippen molar-refractivity contribution in [2.75, 3.05) is 10.6 Å². The second-order valence-corrected chi connectivity index (χ2v) is 7.62. The molecule has 0 saturated heterocycles. The summed E-state index contributed by atoms with van der Waals surface area (Å²) in [6.07, 6.45) is 0. The zero-order chi connectivity index (χ0) is 23.4. The average Bonchev–Trinajstić information content (AvgIpc) is 2.75. The van der Waals surface area contributed by atoms with Crippen molar-refractivity contribution in [2.45, 2.75) is 26.8 Å². The lowest BCUT2D eigenvalue weighted by Gasteiger charge is -2.17. The molecular weight excluding hydrogens is 432 g/mol. The van der Waals surface area contributed by atoms with Gasteiger partial charge in [-0.05, 0) is 56.3 Å². The van der Waals surface area contributed by atoms with Crippen molar-refractivity contribution in [2.24, 2.45) is 0 Å². The second-order valence-electron chi connectivity index (χ2n) is 7.18. The van der Waals surface area contributed by atoms with Crippen molar-refractivity contribution in [1.82, 2.24) is 9.78 Å². The first-order valence-corrected chi connectivity index (χ1v) is 10.1. The summed E-state index contributed by atoms with van der Waals surface area (Å²) in [5, 5.41) is 10.1. The van der Waals surface area contributed by atoms with Crippen LogP contribution in [0.15, 0.2) is 59.4 Å². The van der Waals surface area contributed by atoms with Crippen molar-refractivity contribution >= 4 is 40.6 Å². The number of halogens is 1. The van der Waals surface area contributed by atoms with Crippen LogP contribution in [-0.4, -0.2) is 27.4 Å². The van der Waals surface area contributed by atoms with Crippen molar-refractivity contribution in [3.63, 3.8) is 0 Å². The van der Waals surface area contributed by atoms with Crippen LogP contribution in [0.4, 0.5) is 11.4 Å². The van der Waals surface area contributed by atoms with E-state index in [0.29, 0.717) is 27.5 Å². The van der Waals surface area contributed by atoms with Crippen LogP contribution < -0.4 is 16.2 Å². The van der Waals surface area contributed by atoms with Crippen LogP contribution in [-0.2, 0) is 9.59 Å². The lowest BCUT2D eigenvalue weighted by Crippen LogP contribution is -2.35. The Morgan fingerprint density at radius 2 is 1.59 bits per heavy atom. The van der Waals surface area contributed by atoms with Gasteiger partial charge in [0.05, 0.1) is 5.69 Å². The molecular formula is C23H21ClN4O4. The highest BCUT2D eigenvalue weighted by atomic mass is 35.5. The van der Waals surface area contributed by atoms with E-state index in [0.717, 1.165) is 4.68 Å². The minimum atomic E-state index is -0.991. The fourth-order valence-electron chi connectivity index (χ4n) is 2.96. The van der Waals surface area contributed by atoms with Gasteiger partial charge in [0.25, 0.3) is 5.56 Å². The molecule has 0 unspecified atom stereocenters. The number of amides is 2. The number of nitrogens with zero attached hydrogens (tertiary/aromatic N) is 2. The molecule has 2 amide bonds. The Kier molecular flexibility index (Phi) is 6.85. The molecule has 32 heavy (non-hydrogen) atoms. The minimum absolute atomic E-state index is 0.00270. The van der Waals surface area contributed by atoms with Crippen molar-refractivity contribution in [1.29, 1.82) is 0 Å². The van der Waals surface area contributed by atoms with Gasteiger partial charge in [-0.15, -0.1) is 0 Å². The number of hydrogen-bond acceptors (Lipinski definition) is 5. The van der Waals surface area contributed by atoms with Gasteiger partial charge in [-0.25, -0.2) is 4.68 Å². The number of benzene rings is 2. The third-order valence-corrected chi connectivity index (χ3v) is 4.94. The van der Waals surface area contributed by atoms with Crippen molar-refractivity contribution in [3.05, 3.63) is 75.5 Å². The standard InChI is InChI=1S/C23H21ClN4O4/c1-13(22(31)26-19-10-6-16(7-11-19)14(2)29)28-23(32)21(25-15(3)30)12-20(27-28)17-4-8-18(24)9-5-17/h4-13H,1-3H3,(H,25,30)(H,26,31)/t13-/m0/s1. The zero-order valence-electron chi connectivity index (χ0n) is 17.7. The maximum Gasteiger partial charge on any atom is 0.291 e. The second kappa shape index (κ2) is 9.57. The molecule has 1 heterocycles. The maximum absolute atomic E-state index is 12.9. The van der Waals surface area contributed by atoms with Crippen LogP contribution in [0, 0.1) is 0 Å². The van der Waals surface area contributed by atoms with Crippen LogP contribution in [0.25, 0.3) is 11.3 Å². The highest BCUT2D eigenvalue weighted by Crippen LogP contribution is 2.22. The van der Waals surface area contributed by atoms with Crippen molar-refractivity contribution in [3.8, 4) is 11.3 Å². The molecule has 1 atom stereocenters. The molecule has 3 rings (SSSR count). The Morgan fingerprint density at radius 3 is 2.16 bits per heavy atom. The summed E-state index contributed by atoms with van der Waals surface area (Å²) in [5.41, 5.74) is 1.41. The van der Waals surface area contributed by atoms with Gasteiger partial charge in [-0.3, -0.25) is 19.2 Å². The number of Topliss-reactive ketones (excluding diaryl/α,β-unsaturated/α-hetero) is 1. The third kappa shape index (κ3) is 5.28. The SMILES string of the molecule is CC(=O)Nc1cc(-c2ccc(Cl)cc2)nn([C@@H](C)C(=O)Nc2ccc(C(C)=O)cc2)c1=O. The van der Waals surface area contributed by atoms with Gasteiger partial charge in [-0.2, -0.15) is 5.10 Å². The summed E-state index contributed by atoms with van der Waals surface area (Å²) < 4.78 is 1.02. The maximum atomic E-state index is 12.9. The third-order valence-electron chi connectivity index (χ3n) is 4.69. The Balaban J connectivity index is 1.96. The Morgan fingerprint density at radius 1 is 0.969 bits per heavy atom. The van der Waals surface area contributed by atoms with E-state index in [-0.39, 0.29) is 11.5 Å². The number of rotatable bonds is 6. The number of carbonyl (C=O) groups is 3. The zero-order valence-corrected chi connectivity index (χ0v) is 18.4. The molecule has 0 aliphatic carbocycles. The van der Waals surface area contributed by atoms with E-state index in [1.165, 1.54) is 26.8 Å². The van der Waals surface area contributed by atoms with E-state index in [1.807, 2.05) is 0 Å². The Hall–Kier alpha value is -3.78. The fourth-order valence-corrected chi connectivity index (χ4v) is 3.09. The Labute approximate surface area is 189 Å². The van der Waals surface area contributed by atoms with E-state index in [2.05, 4.69) is 15.7 Å². The molecule has 164 valence electrons. The van der Waals surface area contributed by atoms with E-state index in [4.69, 9.17) is 11.6 Å². The van der Waals surface area contributed by atoms with Crippen LogP contribution in [0.1, 0.15) is 37.2 Å². The lowest BCUT2D eigenvalue weighted by atomic mass is 10.1. The number of aromatic nitrogens is 2. The highest BCUT2D eigenvalue weighted by Gasteiger charge is 2.21. The largest absolute Gasteiger partial charge is 0.324 e. The van der Waals surface area contributed by atoms with E-state index >= 15 is 0 Å². The summed E-state index contributed by atoms with van der Waals surface area (Å²) >= 11 is 5.95. The molecule has 0 aliphatic heterocycles. The van der Waals surface area contributed by atoms with Crippen LogP contribution >= 0.6 is 11.6 Å². The number of ketones is 1. The lowest BCUT2D eigenvalue weighted by molar-refractivity contribution is -0.119. The first-order chi connectivity index (χ1) is 15.2. The number of hydrogen-bond donors (Lipinski definition) is 2. The van der Waals surface area contributed by atoms with Gasteiger partial charge in [0.15, 0.2) is 5.78 Å². The minimum Gasteiger partial charge on any atom is -0.324 e. The molecule has 0 aliphatic rings. The summed E-state index contributed by atoms with van der Waals surface area (Å²) in [7, 11) is 0. The predicted molar refractivity (Wildman–Crippen MR) is 123 cm³/mol. The predicted octanol–water partition coefficient (Wildman–Crippen LogP) is 3.92. The molecule has 0 saturated carbocycles. The molecule has 0 radical (unpaired) electrons. The van der Waals surface area contributed by atoms with E-state index in [1.54, 1.807) is 48.5 Å². The molecule has 3 aromatic rings. The number of carbonyl (C=O) groups excluding carboxylic acids is 3. The van der Waals surface area contributed by atoms with Gasteiger partial charge in [0.1, 0.15) is 11.7 Å². The smallest absolute Gasteiger partial charge is 0.291 e. The van der Waals surface area contributed by atoms with Crippen molar-refractivity contribution < 1.29 is 14.4 Å². The van der Waals surface area contributed by atoms with Gasteiger partial charge < -0.3 is 10.6 Å². The van der Waals surface area contributed by atoms with Crippen LogP contribution in [0.2, 0.25) is 5.02 Å². The summed E-state index contributed by atoms with van der Waals surface area (Å²) in [5.74, 6) is -1.00. The summed E-state index contributed by atoms with van der Waals surface area (Å²) in [6.45, 7) is 4.26. The highest BCUT2D eigenvalue weighted by molar-refractivity contribution is 6.30. The van der Waals surface area contributed by atoms with Gasteiger partial charge >= 0.3 is 0 Å². The van der Waals surface area contributed by atoms with Crippen LogP contribution in [0.5, 0.6) is 0 Å². The summed E-state index contributed by atoms with van der Waals surface area (Å²) in [4.78, 5) is 48.7. The topological polar surface area (TPSA) is 110 Å².